The number of nitrogen functional groups attached to an aromatic ring is 1. The van der Waals surface area contributed by atoms with E-state index < -0.39 is 0 Å². The summed E-state index contributed by atoms with van der Waals surface area (Å²) in [6.45, 7) is 1.84. The lowest BCUT2D eigenvalue weighted by Crippen LogP contribution is -1.93. The van der Waals surface area contributed by atoms with Gasteiger partial charge in [-0.2, -0.15) is 0 Å². The Balaban J connectivity index is 2.59. The fourth-order valence-electron chi connectivity index (χ4n) is 1.01. The molecule has 6 heteroatoms. The largest absolute Gasteiger partial charge is 0.379 e. The fraction of sp³-hybridized carbons (Fsp3) is 0.143. The van der Waals surface area contributed by atoms with Crippen molar-refractivity contribution in [3.63, 3.8) is 0 Å². The Morgan fingerprint density at radius 2 is 2.23 bits per heavy atom. The van der Waals surface area contributed by atoms with E-state index in [1.807, 2.05) is 6.92 Å². The summed E-state index contributed by atoms with van der Waals surface area (Å²) >= 11 is 0. The lowest BCUT2D eigenvalue weighted by atomic mass is 10.2. The van der Waals surface area contributed by atoms with Gasteiger partial charge in [0.05, 0.1) is 5.69 Å². The number of aryl methyl sites for hydroxylation is 1. The Morgan fingerprint density at radius 1 is 1.38 bits per heavy atom. The molecule has 0 spiro atoms. The van der Waals surface area contributed by atoms with Gasteiger partial charge in [0.2, 0.25) is 0 Å². The van der Waals surface area contributed by atoms with Gasteiger partial charge in [-0.15, -0.1) is 0 Å². The van der Waals surface area contributed by atoms with Crippen LogP contribution in [0.1, 0.15) is 5.69 Å². The van der Waals surface area contributed by atoms with Crippen molar-refractivity contribution >= 4 is 5.82 Å². The normalized spacial score (nSPS) is 10.2. The molecule has 0 aliphatic heterocycles. The van der Waals surface area contributed by atoms with Gasteiger partial charge in [0.15, 0.2) is 11.5 Å². The maximum atomic E-state index is 5.52. The summed E-state index contributed by atoms with van der Waals surface area (Å²) in [6, 6.07) is 0. The first kappa shape index (κ1) is 7.66. The highest BCUT2D eigenvalue weighted by atomic mass is 16.6. The third-order valence-electron chi connectivity index (χ3n) is 1.68. The Bertz CT molecular complexity index is 424. The van der Waals surface area contributed by atoms with E-state index in [2.05, 4.69) is 24.9 Å². The van der Waals surface area contributed by atoms with Crippen molar-refractivity contribution in [2.45, 2.75) is 6.92 Å². The molecule has 0 radical (unpaired) electrons. The van der Waals surface area contributed by atoms with Crippen molar-refractivity contribution in [2.75, 3.05) is 5.73 Å². The van der Waals surface area contributed by atoms with E-state index in [1.54, 1.807) is 6.20 Å². The number of anilines is 1. The summed E-state index contributed by atoms with van der Waals surface area (Å²) in [5.41, 5.74) is 7.53. The highest BCUT2D eigenvalue weighted by Crippen LogP contribution is 2.22. The van der Waals surface area contributed by atoms with Crippen LogP contribution in [0.4, 0.5) is 5.82 Å². The van der Waals surface area contributed by atoms with Gasteiger partial charge < -0.3 is 5.73 Å². The first-order valence-electron chi connectivity index (χ1n) is 3.64. The monoisotopic (exact) mass is 177 g/mol. The third-order valence-corrected chi connectivity index (χ3v) is 1.68. The van der Waals surface area contributed by atoms with Crippen molar-refractivity contribution in [1.29, 1.82) is 0 Å². The molecule has 0 aromatic carbocycles. The fourth-order valence-corrected chi connectivity index (χ4v) is 1.01. The van der Waals surface area contributed by atoms with E-state index >= 15 is 0 Å². The van der Waals surface area contributed by atoms with Crippen molar-refractivity contribution in [3.8, 4) is 11.3 Å². The predicted molar refractivity (Wildman–Crippen MR) is 44.5 cm³/mol. The van der Waals surface area contributed by atoms with Gasteiger partial charge >= 0.3 is 0 Å². The number of aromatic nitrogens is 4. The maximum Gasteiger partial charge on any atom is 0.196 e. The van der Waals surface area contributed by atoms with E-state index in [0.717, 1.165) is 11.3 Å². The summed E-state index contributed by atoms with van der Waals surface area (Å²) in [7, 11) is 0. The van der Waals surface area contributed by atoms with Gasteiger partial charge in [0, 0.05) is 11.8 Å². The van der Waals surface area contributed by atoms with Crippen LogP contribution in [0.5, 0.6) is 0 Å². The first-order valence-corrected chi connectivity index (χ1v) is 3.64. The van der Waals surface area contributed by atoms with Gasteiger partial charge in [-0.3, -0.25) is 0 Å². The standard InChI is InChI=1S/C7H7N5O/c1-4-5(2-9-3-10-4)6-7(8)12-13-11-6/h2-3H,1H3,(H2,8,12). The molecule has 0 saturated carbocycles. The minimum atomic E-state index is 0.248. The second-order valence-corrected chi connectivity index (χ2v) is 2.52. The van der Waals surface area contributed by atoms with E-state index in [9.17, 15) is 0 Å². The average molecular weight is 177 g/mol. The van der Waals surface area contributed by atoms with E-state index in [-0.39, 0.29) is 5.82 Å². The van der Waals surface area contributed by atoms with E-state index in [4.69, 9.17) is 5.73 Å². The Kier molecular flexibility index (Phi) is 1.66. The van der Waals surface area contributed by atoms with Crippen LogP contribution in [-0.2, 0) is 0 Å². The summed E-state index contributed by atoms with van der Waals surface area (Å²) in [5, 5.41) is 7.13. The van der Waals surface area contributed by atoms with Crippen LogP contribution >= 0.6 is 0 Å². The predicted octanol–water partition coefficient (Wildman–Crippen LogP) is 0.417. The maximum absolute atomic E-state index is 5.52. The SMILES string of the molecule is Cc1ncncc1-c1nonc1N. The highest BCUT2D eigenvalue weighted by Gasteiger charge is 2.11. The molecule has 2 heterocycles. The zero-order valence-electron chi connectivity index (χ0n) is 6.93. The summed E-state index contributed by atoms with van der Waals surface area (Å²) in [4.78, 5) is 7.87. The Labute approximate surface area is 73.8 Å². The molecule has 0 atom stereocenters. The molecule has 66 valence electrons. The van der Waals surface area contributed by atoms with Gasteiger partial charge in [0.1, 0.15) is 6.33 Å². The second kappa shape index (κ2) is 2.81. The quantitative estimate of drug-likeness (QED) is 0.678. The van der Waals surface area contributed by atoms with Crippen molar-refractivity contribution in [3.05, 3.63) is 18.2 Å². The van der Waals surface area contributed by atoms with Gasteiger partial charge in [-0.05, 0) is 17.2 Å². The molecule has 6 nitrogen and oxygen atoms in total. The average Bonchev–Trinajstić information content (AvgIpc) is 2.52. The molecule has 2 rings (SSSR count). The Morgan fingerprint density at radius 3 is 2.85 bits per heavy atom. The number of rotatable bonds is 1. The number of hydrogen-bond acceptors (Lipinski definition) is 6. The zero-order chi connectivity index (χ0) is 9.26. The number of nitrogens with zero attached hydrogens (tertiary/aromatic N) is 4. The number of hydrogen-bond donors (Lipinski definition) is 1. The second-order valence-electron chi connectivity index (χ2n) is 2.52. The van der Waals surface area contributed by atoms with Crippen LogP contribution in [0.25, 0.3) is 11.3 Å². The summed E-state index contributed by atoms with van der Waals surface area (Å²) in [6.07, 6.45) is 3.08. The smallest absolute Gasteiger partial charge is 0.196 e. The highest BCUT2D eigenvalue weighted by molar-refractivity contribution is 5.69. The van der Waals surface area contributed by atoms with Crippen LogP contribution in [0.15, 0.2) is 17.2 Å². The molecule has 2 aromatic rings. The first-order chi connectivity index (χ1) is 6.29. The van der Waals surface area contributed by atoms with Crippen molar-refractivity contribution in [1.82, 2.24) is 20.3 Å². The molecule has 0 unspecified atom stereocenters. The molecule has 0 fully saturated rings. The summed E-state index contributed by atoms with van der Waals surface area (Å²) < 4.78 is 4.47. The topological polar surface area (TPSA) is 90.7 Å². The molecule has 0 aliphatic carbocycles. The molecule has 0 bridgehead atoms. The molecular formula is C7H7N5O. The molecule has 13 heavy (non-hydrogen) atoms. The lowest BCUT2D eigenvalue weighted by Gasteiger charge is -1.97. The zero-order valence-corrected chi connectivity index (χ0v) is 6.93. The molecule has 0 aliphatic rings. The van der Waals surface area contributed by atoms with E-state index in [1.165, 1.54) is 6.33 Å². The molecule has 2 aromatic heterocycles. The van der Waals surface area contributed by atoms with Crippen LogP contribution in [0, 0.1) is 6.92 Å². The van der Waals surface area contributed by atoms with Crippen LogP contribution in [0.2, 0.25) is 0 Å². The van der Waals surface area contributed by atoms with Crippen LogP contribution in [-0.4, -0.2) is 20.3 Å². The van der Waals surface area contributed by atoms with Gasteiger partial charge in [0.25, 0.3) is 0 Å². The van der Waals surface area contributed by atoms with E-state index in [0.29, 0.717) is 5.69 Å². The Hall–Kier alpha value is -1.98. The number of nitrogens with two attached hydrogens (primary N) is 1. The van der Waals surface area contributed by atoms with Gasteiger partial charge in [-0.1, -0.05) is 0 Å². The van der Waals surface area contributed by atoms with Crippen LogP contribution < -0.4 is 5.73 Å². The van der Waals surface area contributed by atoms with Crippen LogP contribution in [0.3, 0.4) is 0 Å². The molecule has 0 saturated heterocycles. The van der Waals surface area contributed by atoms with Gasteiger partial charge in [-0.25, -0.2) is 14.6 Å². The molecular weight excluding hydrogens is 170 g/mol. The lowest BCUT2D eigenvalue weighted by molar-refractivity contribution is 0.310. The minimum absolute atomic E-state index is 0.248. The van der Waals surface area contributed by atoms with Crippen molar-refractivity contribution in [2.24, 2.45) is 0 Å². The summed E-state index contributed by atoms with van der Waals surface area (Å²) in [5.74, 6) is 0.248. The van der Waals surface area contributed by atoms with Crippen molar-refractivity contribution < 1.29 is 4.63 Å². The minimum Gasteiger partial charge on any atom is -0.379 e. The third kappa shape index (κ3) is 1.22. The molecule has 2 N–H and O–H groups in total. The molecule has 0 amide bonds.